The smallest absolute Gasteiger partial charge is 0.121 e. The van der Waals surface area contributed by atoms with Crippen molar-refractivity contribution in [2.75, 3.05) is 32.8 Å². The van der Waals surface area contributed by atoms with Crippen molar-refractivity contribution < 1.29 is 9.84 Å². The van der Waals surface area contributed by atoms with Crippen LogP contribution in [0.4, 0.5) is 0 Å². The van der Waals surface area contributed by atoms with Crippen LogP contribution in [0.1, 0.15) is 23.5 Å². The van der Waals surface area contributed by atoms with Gasteiger partial charge < -0.3 is 9.84 Å². The van der Waals surface area contributed by atoms with Crippen molar-refractivity contribution in [1.82, 2.24) is 14.8 Å². The maximum Gasteiger partial charge on any atom is 0.121 e. The van der Waals surface area contributed by atoms with Crippen molar-refractivity contribution in [3.05, 3.63) is 65.6 Å². The molecule has 1 N–H and O–H groups in total. The van der Waals surface area contributed by atoms with Crippen molar-refractivity contribution in [2.24, 2.45) is 0 Å². The predicted molar refractivity (Wildman–Crippen MR) is 118 cm³/mol. The summed E-state index contributed by atoms with van der Waals surface area (Å²) in [5.41, 5.74) is 2.29. The van der Waals surface area contributed by atoms with E-state index in [9.17, 15) is 5.11 Å². The van der Waals surface area contributed by atoms with E-state index in [4.69, 9.17) is 4.74 Å². The SMILES string of the molecule is Cc1nc2cc(OC[C@H](O)CN3C[CH]N([C@H](C)c4ccccc4)CC3)ccc2s1. The second-order valence-electron chi connectivity index (χ2n) is 7.59. The number of aliphatic hydroxyl groups is 1. The maximum atomic E-state index is 10.4. The number of piperazine rings is 1. The molecule has 153 valence electrons. The molecule has 2 atom stereocenters. The van der Waals surface area contributed by atoms with E-state index < -0.39 is 6.10 Å². The van der Waals surface area contributed by atoms with E-state index >= 15 is 0 Å². The van der Waals surface area contributed by atoms with Crippen LogP contribution in [-0.2, 0) is 0 Å². The van der Waals surface area contributed by atoms with Crippen LogP contribution in [0, 0.1) is 13.5 Å². The lowest BCUT2D eigenvalue weighted by molar-refractivity contribution is 0.0509. The van der Waals surface area contributed by atoms with Crippen molar-refractivity contribution in [3.8, 4) is 5.75 Å². The summed E-state index contributed by atoms with van der Waals surface area (Å²) in [5.74, 6) is 0.759. The van der Waals surface area contributed by atoms with E-state index in [0.717, 1.165) is 40.6 Å². The fourth-order valence-electron chi connectivity index (χ4n) is 3.76. The fraction of sp³-hybridized carbons (Fsp3) is 0.391. The van der Waals surface area contributed by atoms with Gasteiger partial charge in [0.2, 0.25) is 0 Å². The van der Waals surface area contributed by atoms with Gasteiger partial charge in [0.25, 0.3) is 0 Å². The van der Waals surface area contributed by atoms with Crippen molar-refractivity contribution in [2.45, 2.75) is 26.0 Å². The quantitative estimate of drug-likeness (QED) is 0.640. The number of aliphatic hydroxyl groups excluding tert-OH is 1. The third kappa shape index (κ3) is 5.14. The van der Waals surface area contributed by atoms with Gasteiger partial charge in [-0.25, -0.2) is 4.98 Å². The van der Waals surface area contributed by atoms with Gasteiger partial charge in [-0.05, 0) is 31.5 Å². The lowest BCUT2D eigenvalue weighted by atomic mass is 10.1. The van der Waals surface area contributed by atoms with Crippen LogP contribution in [0.25, 0.3) is 10.2 Å². The first-order valence-corrected chi connectivity index (χ1v) is 10.9. The minimum Gasteiger partial charge on any atom is -0.491 e. The average Bonchev–Trinajstić information content (AvgIpc) is 3.12. The number of ether oxygens (including phenoxy) is 1. The first-order valence-electron chi connectivity index (χ1n) is 10.1. The van der Waals surface area contributed by atoms with Gasteiger partial charge in [0, 0.05) is 44.8 Å². The molecule has 1 saturated heterocycles. The highest BCUT2D eigenvalue weighted by atomic mass is 32.1. The van der Waals surface area contributed by atoms with Crippen LogP contribution < -0.4 is 4.74 Å². The zero-order valence-electron chi connectivity index (χ0n) is 17.0. The lowest BCUT2D eigenvalue weighted by Gasteiger charge is -2.38. The van der Waals surface area contributed by atoms with Crippen LogP contribution in [-0.4, -0.2) is 58.8 Å². The molecule has 29 heavy (non-hydrogen) atoms. The first-order chi connectivity index (χ1) is 14.1. The van der Waals surface area contributed by atoms with E-state index in [1.54, 1.807) is 11.3 Å². The number of aromatic nitrogens is 1. The second kappa shape index (κ2) is 9.22. The number of rotatable bonds is 7. The summed E-state index contributed by atoms with van der Waals surface area (Å²) in [6.45, 7) is 10.1. The van der Waals surface area contributed by atoms with Gasteiger partial charge >= 0.3 is 0 Å². The van der Waals surface area contributed by atoms with Gasteiger partial charge in [-0.2, -0.15) is 0 Å². The topological polar surface area (TPSA) is 48.8 Å². The zero-order chi connectivity index (χ0) is 20.2. The molecule has 4 rings (SSSR count). The van der Waals surface area contributed by atoms with Crippen LogP contribution in [0.5, 0.6) is 5.75 Å². The molecular weight excluding hydrogens is 382 g/mol. The molecule has 1 radical (unpaired) electrons. The number of benzene rings is 2. The number of hydrogen-bond acceptors (Lipinski definition) is 6. The van der Waals surface area contributed by atoms with E-state index in [0.29, 0.717) is 12.6 Å². The summed E-state index contributed by atoms with van der Waals surface area (Å²) in [7, 11) is 0. The van der Waals surface area contributed by atoms with Crippen LogP contribution in [0.2, 0.25) is 0 Å². The Hall–Kier alpha value is -1.99. The number of β-amino-alcohol motifs (C(OH)–C–C–N with tert-alkyl or cyclic N) is 1. The molecule has 1 fully saturated rings. The molecule has 0 unspecified atom stereocenters. The number of thiazole rings is 1. The molecular formula is C23H28N3O2S. The Bertz CT molecular complexity index is 922. The molecule has 2 heterocycles. The summed E-state index contributed by atoms with van der Waals surface area (Å²) < 4.78 is 6.97. The Labute approximate surface area is 176 Å². The minimum absolute atomic E-state index is 0.287. The number of fused-ring (bicyclic) bond motifs is 1. The summed E-state index contributed by atoms with van der Waals surface area (Å²) in [6.07, 6.45) is -0.519. The lowest BCUT2D eigenvalue weighted by Crippen LogP contribution is -2.47. The monoisotopic (exact) mass is 410 g/mol. The van der Waals surface area contributed by atoms with Crippen LogP contribution in [0.3, 0.4) is 0 Å². The van der Waals surface area contributed by atoms with Crippen molar-refractivity contribution in [1.29, 1.82) is 0 Å². The predicted octanol–water partition coefficient (Wildman–Crippen LogP) is 3.89. The Kier molecular flexibility index (Phi) is 6.45. The Balaban J connectivity index is 1.22. The minimum atomic E-state index is -0.519. The normalized spacial score (nSPS) is 18.0. The molecule has 3 aromatic rings. The van der Waals surface area contributed by atoms with E-state index in [1.807, 2.05) is 25.1 Å². The Morgan fingerprint density at radius 2 is 2.00 bits per heavy atom. The van der Waals surface area contributed by atoms with E-state index in [2.05, 4.69) is 58.6 Å². The van der Waals surface area contributed by atoms with Crippen molar-refractivity contribution in [3.63, 3.8) is 0 Å². The second-order valence-corrected chi connectivity index (χ2v) is 8.83. The first kappa shape index (κ1) is 20.3. The summed E-state index contributed by atoms with van der Waals surface area (Å²) in [6, 6.07) is 16.9. The summed E-state index contributed by atoms with van der Waals surface area (Å²) in [5, 5.41) is 11.5. The molecule has 1 aromatic heterocycles. The molecule has 0 spiro atoms. The van der Waals surface area contributed by atoms with Gasteiger partial charge in [-0.3, -0.25) is 9.80 Å². The fourth-order valence-corrected chi connectivity index (χ4v) is 4.56. The Morgan fingerprint density at radius 3 is 2.76 bits per heavy atom. The molecule has 0 amide bonds. The summed E-state index contributed by atoms with van der Waals surface area (Å²) >= 11 is 1.68. The van der Waals surface area contributed by atoms with Gasteiger partial charge in [0.05, 0.1) is 15.2 Å². The number of hydrogen-bond donors (Lipinski definition) is 1. The molecule has 0 bridgehead atoms. The van der Waals surface area contributed by atoms with Gasteiger partial charge in [-0.15, -0.1) is 11.3 Å². The largest absolute Gasteiger partial charge is 0.491 e. The molecule has 5 nitrogen and oxygen atoms in total. The standard InChI is InChI=1S/C23H28N3O2S/c1-17(19-6-4-3-5-7-19)26-12-10-25(11-13-26)15-20(27)16-28-21-8-9-23-22(14-21)24-18(2)29-23/h3-9,12,14,17,20,27H,10-11,13,15-16H2,1-2H3/t17-,20-/m1/s1. The van der Waals surface area contributed by atoms with Gasteiger partial charge in [-0.1, -0.05) is 30.3 Å². The molecule has 1 aliphatic heterocycles. The number of nitrogens with zero attached hydrogens (tertiary/aromatic N) is 3. The molecule has 1 aliphatic rings. The number of aryl methyl sites for hydroxylation is 1. The average molecular weight is 411 g/mol. The molecule has 0 aliphatic carbocycles. The molecule has 6 heteroatoms. The summed E-state index contributed by atoms with van der Waals surface area (Å²) in [4.78, 5) is 9.16. The van der Waals surface area contributed by atoms with Gasteiger partial charge in [0.15, 0.2) is 0 Å². The van der Waals surface area contributed by atoms with E-state index in [1.165, 1.54) is 5.56 Å². The highest BCUT2D eigenvalue weighted by Crippen LogP contribution is 2.26. The van der Waals surface area contributed by atoms with E-state index in [-0.39, 0.29) is 6.61 Å². The third-order valence-electron chi connectivity index (χ3n) is 5.41. The molecule has 0 saturated carbocycles. The Morgan fingerprint density at radius 1 is 1.17 bits per heavy atom. The highest BCUT2D eigenvalue weighted by Gasteiger charge is 2.23. The zero-order valence-corrected chi connectivity index (χ0v) is 17.8. The maximum absolute atomic E-state index is 10.4. The molecule has 2 aromatic carbocycles. The van der Waals surface area contributed by atoms with Crippen molar-refractivity contribution >= 4 is 21.6 Å². The van der Waals surface area contributed by atoms with Crippen LogP contribution in [0.15, 0.2) is 48.5 Å². The third-order valence-corrected chi connectivity index (χ3v) is 6.36. The highest BCUT2D eigenvalue weighted by molar-refractivity contribution is 7.18. The van der Waals surface area contributed by atoms with Crippen LogP contribution >= 0.6 is 11.3 Å². The van der Waals surface area contributed by atoms with Gasteiger partial charge in [0.1, 0.15) is 18.5 Å².